The second kappa shape index (κ2) is 7.49. The van der Waals surface area contributed by atoms with Crippen molar-refractivity contribution in [3.8, 4) is 11.4 Å². The fraction of sp³-hybridized carbons (Fsp3) is 0.100. The summed E-state index contributed by atoms with van der Waals surface area (Å²) in [6.45, 7) is 2.02. The van der Waals surface area contributed by atoms with Crippen molar-refractivity contribution in [3.05, 3.63) is 78.1 Å². The second-order valence-corrected chi connectivity index (χ2v) is 5.35. The topological polar surface area (TPSA) is 64.3 Å². The van der Waals surface area contributed by atoms with E-state index in [1.54, 1.807) is 54.3 Å². The summed E-state index contributed by atoms with van der Waals surface area (Å²) in [6, 6.07) is 16.4. The molecule has 0 saturated heterocycles. The lowest BCUT2D eigenvalue weighted by Crippen LogP contribution is -2.06. The Balaban J connectivity index is 2.03. The highest BCUT2D eigenvalue weighted by molar-refractivity contribution is 6.21. The molecular formula is C20H18N2O3. The lowest BCUT2D eigenvalue weighted by Gasteiger charge is -2.06. The van der Waals surface area contributed by atoms with Crippen molar-refractivity contribution in [3.63, 3.8) is 0 Å². The zero-order valence-corrected chi connectivity index (χ0v) is 13.8. The molecule has 126 valence electrons. The van der Waals surface area contributed by atoms with Crippen LogP contribution in [0.1, 0.15) is 18.1 Å². The number of phenolic OH excluding ortho intramolecular Hbond substituents is 1. The van der Waals surface area contributed by atoms with E-state index in [9.17, 15) is 9.90 Å². The summed E-state index contributed by atoms with van der Waals surface area (Å²) in [5.41, 5.74) is 2.38. The van der Waals surface area contributed by atoms with Crippen LogP contribution in [0.3, 0.4) is 0 Å². The number of benzene rings is 2. The minimum atomic E-state index is -0.460. The molecule has 3 aromatic rings. The highest BCUT2D eigenvalue weighted by atomic mass is 16.5. The quantitative estimate of drug-likeness (QED) is 0.571. The SMILES string of the molecule is CCOC(=O)/C(=C\c1ccccc1O)c1cnn(-c2ccccc2)c1. The van der Waals surface area contributed by atoms with E-state index in [0.717, 1.165) is 5.69 Å². The smallest absolute Gasteiger partial charge is 0.338 e. The summed E-state index contributed by atoms with van der Waals surface area (Å²) in [4.78, 5) is 12.4. The third-order valence-electron chi connectivity index (χ3n) is 3.65. The van der Waals surface area contributed by atoms with Crippen molar-refractivity contribution in [2.75, 3.05) is 6.61 Å². The van der Waals surface area contributed by atoms with Gasteiger partial charge in [0.15, 0.2) is 0 Å². The number of aromatic hydroxyl groups is 1. The predicted molar refractivity (Wildman–Crippen MR) is 96.2 cm³/mol. The van der Waals surface area contributed by atoms with E-state index in [1.165, 1.54) is 0 Å². The first kappa shape index (κ1) is 16.5. The van der Waals surface area contributed by atoms with Crippen LogP contribution in [0.2, 0.25) is 0 Å². The molecule has 0 atom stereocenters. The average Bonchev–Trinajstić information content (AvgIpc) is 3.12. The van der Waals surface area contributed by atoms with Gasteiger partial charge in [-0.05, 0) is 31.2 Å². The molecule has 0 aliphatic heterocycles. The Kier molecular flexibility index (Phi) is 4.95. The molecule has 0 radical (unpaired) electrons. The van der Waals surface area contributed by atoms with Crippen LogP contribution in [0.15, 0.2) is 67.0 Å². The molecule has 0 amide bonds. The standard InChI is InChI=1S/C20H18N2O3/c1-2-25-20(24)18(12-15-8-6-7-11-19(15)23)16-13-21-22(14-16)17-9-4-3-5-10-17/h3-14,23H,2H2,1H3/b18-12-. The molecule has 1 aromatic heterocycles. The molecule has 3 rings (SSSR count). The van der Waals surface area contributed by atoms with Crippen LogP contribution in [-0.2, 0) is 9.53 Å². The molecule has 0 bridgehead atoms. The third kappa shape index (κ3) is 3.77. The minimum Gasteiger partial charge on any atom is -0.507 e. The number of aromatic nitrogens is 2. The number of para-hydroxylation sites is 2. The Labute approximate surface area is 145 Å². The fourth-order valence-corrected chi connectivity index (χ4v) is 2.42. The number of hydrogen-bond acceptors (Lipinski definition) is 4. The number of esters is 1. The van der Waals surface area contributed by atoms with Crippen LogP contribution in [0, 0.1) is 0 Å². The first-order valence-electron chi connectivity index (χ1n) is 7.96. The van der Waals surface area contributed by atoms with Gasteiger partial charge in [-0.1, -0.05) is 36.4 Å². The van der Waals surface area contributed by atoms with Crippen molar-refractivity contribution in [1.29, 1.82) is 0 Å². The molecule has 2 aromatic carbocycles. The maximum Gasteiger partial charge on any atom is 0.338 e. The largest absolute Gasteiger partial charge is 0.507 e. The predicted octanol–water partition coefficient (Wildman–Crippen LogP) is 3.68. The summed E-state index contributed by atoms with van der Waals surface area (Å²) in [7, 11) is 0. The Bertz CT molecular complexity index is 898. The Morgan fingerprint density at radius 1 is 1.16 bits per heavy atom. The van der Waals surface area contributed by atoms with Gasteiger partial charge in [0, 0.05) is 17.3 Å². The van der Waals surface area contributed by atoms with Gasteiger partial charge in [0.2, 0.25) is 0 Å². The molecular weight excluding hydrogens is 316 g/mol. The van der Waals surface area contributed by atoms with Crippen LogP contribution < -0.4 is 0 Å². The highest BCUT2D eigenvalue weighted by Gasteiger charge is 2.16. The highest BCUT2D eigenvalue weighted by Crippen LogP contribution is 2.25. The van der Waals surface area contributed by atoms with Crippen LogP contribution >= 0.6 is 0 Å². The van der Waals surface area contributed by atoms with E-state index < -0.39 is 5.97 Å². The van der Waals surface area contributed by atoms with Crippen LogP contribution in [0.4, 0.5) is 0 Å². The third-order valence-corrected chi connectivity index (χ3v) is 3.65. The molecule has 5 heteroatoms. The van der Waals surface area contributed by atoms with Crippen molar-refractivity contribution in [2.24, 2.45) is 0 Å². The molecule has 0 aliphatic carbocycles. The normalized spacial score (nSPS) is 11.3. The van der Waals surface area contributed by atoms with E-state index in [2.05, 4.69) is 5.10 Å². The number of carbonyl (C=O) groups is 1. The number of rotatable bonds is 5. The van der Waals surface area contributed by atoms with Gasteiger partial charge in [-0.2, -0.15) is 5.10 Å². The van der Waals surface area contributed by atoms with Crippen LogP contribution in [0.25, 0.3) is 17.3 Å². The van der Waals surface area contributed by atoms with E-state index >= 15 is 0 Å². The van der Waals surface area contributed by atoms with Crippen molar-refractivity contribution in [2.45, 2.75) is 6.92 Å². The molecule has 0 fully saturated rings. The Morgan fingerprint density at radius 3 is 2.60 bits per heavy atom. The lowest BCUT2D eigenvalue weighted by atomic mass is 10.1. The second-order valence-electron chi connectivity index (χ2n) is 5.35. The van der Waals surface area contributed by atoms with Gasteiger partial charge in [0.25, 0.3) is 0 Å². The zero-order valence-electron chi connectivity index (χ0n) is 13.8. The summed E-state index contributed by atoms with van der Waals surface area (Å²) < 4.78 is 6.85. The van der Waals surface area contributed by atoms with Crippen LogP contribution in [0.5, 0.6) is 5.75 Å². The van der Waals surface area contributed by atoms with Crippen molar-refractivity contribution in [1.82, 2.24) is 9.78 Å². The first-order chi connectivity index (χ1) is 12.2. The van der Waals surface area contributed by atoms with Crippen LogP contribution in [-0.4, -0.2) is 27.5 Å². The Morgan fingerprint density at radius 2 is 1.88 bits per heavy atom. The molecule has 1 N–H and O–H groups in total. The van der Waals surface area contributed by atoms with E-state index in [4.69, 9.17) is 4.74 Å². The van der Waals surface area contributed by atoms with Gasteiger partial charge in [0.05, 0.1) is 24.1 Å². The maximum absolute atomic E-state index is 12.4. The fourth-order valence-electron chi connectivity index (χ4n) is 2.42. The monoisotopic (exact) mass is 334 g/mol. The van der Waals surface area contributed by atoms with E-state index in [-0.39, 0.29) is 12.4 Å². The molecule has 25 heavy (non-hydrogen) atoms. The number of phenols is 1. The molecule has 0 aliphatic rings. The number of hydrogen-bond donors (Lipinski definition) is 1. The van der Waals surface area contributed by atoms with Gasteiger partial charge in [0.1, 0.15) is 5.75 Å². The van der Waals surface area contributed by atoms with Crippen molar-refractivity contribution >= 4 is 17.6 Å². The Hall–Kier alpha value is -3.34. The summed E-state index contributed by atoms with van der Waals surface area (Å²) in [5, 5.41) is 14.3. The first-order valence-corrected chi connectivity index (χ1v) is 7.96. The zero-order chi connectivity index (χ0) is 17.6. The molecule has 0 unspecified atom stereocenters. The molecule has 0 saturated carbocycles. The van der Waals surface area contributed by atoms with Crippen molar-refractivity contribution < 1.29 is 14.6 Å². The van der Waals surface area contributed by atoms with E-state index in [0.29, 0.717) is 16.7 Å². The van der Waals surface area contributed by atoms with Gasteiger partial charge in [-0.3, -0.25) is 0 Å². The lowest BCUT2D eigenvalue weighted by molar-refractivity contribution is -0.136. The van der Waals surface area contributed by atoms with Gasteiger partial charge >= 0.3 is 5.97 Å². The number of carbonyl (C=O) groups excluding carboxylic acids is 1. The molecule has 5 nitrogen and oxygen atoms in total. The molecule has 1 heterocycles. The average molecular weight is 334 g/mol. The minimum absolute atomic E-state index is 0.0970. The number of nitrogens with zero attached hydrogens (tertiary/aromatic N) is 2. The summed E-state index contributed by atoms with van der Waals surface area (Å²) in [5.74, 6) is -0.363. The summed E-state index contributed by atoms with van der Waals surface area (Å²) >= 11 is 0. The maximum atomic E-state index is 12.4. The van der Waals surface area contributed by atoms with Gasteiger partial charge < -0.3 is 9.84 Å². The number of ether oxygens (including phenoxy) is 1. The van der Waals surface area contributed by atoms with Gasteiger partial charge in [-0.25, -0.2) is 9.48 Å². The van der Waals surface area contributed by atoms with E-state index in [1.807, 2.05) is 30.3 Å². The van der Waals surface area contributed by atoms with Gasteiger partial charge in [-0.15, -0.1) is 0 Å². The molecule has 0 spiro atoms. The summed E-state index contributed by atoms with van der Waals surface area (Å²) in [6.07, 6.45) is 4.98.